The van der Waals surface area contributed by atoms with Crippen molar-refractivity contribution < 1.29 is 13.9 Å². The number of aryl methyl sites for hydroxylation is 1. The number of aliphatic hydroxyl groups excluding tert-OH is 1. The molecule has 0 radical (unpaired) electrons. The van der Waals surface area contributed by atoms with Crippen molar-refractivity contribution in [3.63, 3.8) is 0 Å². The second kappa shape index (κ2) is 4.31. The number of thiophene rings is 1. The molecule has 4 heteroatoms. The molecule has 84 valence electrons. The summed E-state index contributed by atoms with van der Waals surface area (Å²) in [4.78, 5) is 0. The standard InChI is InChI=1S/C12H10F2OS/c1-7-5-16-6-9(7)12(15)8-2-3-10(13)11(14)4-8/h2-6,12,15H,1H3. The molecule has 1 unspecified atom stereocenters. The minimum Gasteiger partial charge on any atom is -0.384 e. The Morgan fingerprint density at radius 2 is 1.94 bits per heavy atom. The zero-order chi connectivity index (χ0) is 11.7. The fourth-order valence-electron chi connectivity index (χ4n) is 1.51. The van der Waals surface area contributed by atoms with E-state index in [-0.39, 0.29) is 0 Å². The van der Waals surface area contributed by atoms with Crippen molar-refractivity contribution in [2.24, 2.45) is 0 Å². The van der Waals surface area contributed by atoms with Gasteiger partial charge in [0.15, 0.2) is 11.6 Å². The lowest BCUT2D eigenvalue weighted by atomic mass is 10.0. The lowest BCUT2D eigenvalue weighted by molar-refractivity contribution is 0.219. The van der Waals surface area contributed by atoms with Crippen LogP contribution < -0.4 is 0 Å². The Morgan fingerprint density at radius 1 is 1.19 bits per heavy atom. The van der Waals surface area contributed by atoms with Gasteiger partial charge in [0.25, 0.3) is 0 Å². The molecule has 1 nitrogen and oxygen atoms in total. The van der Waals surface area contributed by atoms with Crippen LogP contribution in [0.2, 0.25) is 0 Å². The number of halogens is 2. The van der Waals surface area contributed by atoms with Crippen LogP contribution in [0, 0.1) is 18.6 Å². The molecular weight excluding hydrogens is 230 g/mol. The van der Waals surface area contributed by atoms with Crippen molar-refractivity contribution in [1.82, 2.24) is 0 Å². The van der Waals surface area contributed by atoms with Crippen LogP contribution in [0.4, 0.5) is 8.78 Å². The zero-order valence-electron chi connectivity index (χ0n) is 8.58. The fraction of sp³-hybridized carbons (Fsp3) is 0.167. The summed E-state index contributed by atoms with van der Waals surface area (Å²) in [5, 5.41) is 13.7. The molecule has 0 aliphatic carbocycles. The Kier molecular flexibility index (Phi) is 3.03. The van der Waals surface area contributed by atoms with Gasteiger partial charge in [-0.25, -0.2) is 8.78 Å². The molecule has 1 heterocycles. The summed E-state index contributed by atoms with van der Waals surface area (Å²) < 4.78 is 25.7. The number of hydrogen-bond donors (Lipinski definition) is 1. The van der Waals surface area contributed by atoms with E-state index in [1.54, 1.807) is 5.38 Å². The van der Waals surface area contributed by atoms with Crippen molar-refractivity contribution in [3.05, 3.63) is 57.3 Å². The van der Waals surface area contributed by atoms with Crippen LogP contribution in [0.1, 0.15) is 22.8 Å². The van der Waals surface area contributed by atoms with Crippen molar-refractivity contribution in [3.8, 4) is 0 Å². The maximum atomic E-state index is 13.0. The molecule has 0 saturated carbocycles. The minimum absolute atomic E-state index is 0.361. The van der Waals surface area contributed by atoms with Crippen LogP contribution >= 0.6 is 11.3 Å². The Labute approximate surface area is 96.0 Å². The summed E-state index contributed by atoms with van der Waals surface area (Å²) >= 11 is 1.47. The maximum absolute atomic E-state index is 13.0. The van der Waals surface area contributed by atoms with Crippen molar-refractivity contribution >= 4 is 11.3 Å². The van der Waals surface area contributed by atoms with E-state index >= 15 is 0 Å². The smallest absolute Gasteiger partial charge is 0.159 e. The number of rotatable bonds is 2. The van der Waals surface area contributed by atoms with Gasteiger partial charge < -0.3 is 5.11 Å². The summed E-state index contributed by atoms with van der Waals surface area (Å²) in [5.41, 5.74) is 2.04. The highest BCUT2D eigenvalue weighted by Gasteiger charge is 2.15. The minimum atomic E-state index is -0.940. The van der Waals surface area contributed by atoms with E-state index in [4.69, 9.17) is 0 Å². The van der Waals surface area contributed by atoms with Gasteiger partial charge in [0, 0.05) is 0 Å². The van der Waals surface area contributed by atoms with Gasteiger partial charge in [-0.15, -0.1) is 0 Å². The third kappa shape index (κ3) is 1.99. The maximum Gasteiger partial charge on any atom is 0.159 e. The average molecular weight is 240 g/mol. The molecule has 1 atom stereocenters. The van der Waals surface area contributed by atoms with Crippen LogP contribution in [0.3, 0.4) is 0 Å². The van der Waals surface area contributed by atoms with Gasteiger partial charge >= 0.3 is 0 Å². The molecule has 1 aromatic carbocycles. The number of hydrogen-bond acceptors (Lipinski definition) is 2. The van der Waals surface area contributed by atoms with Gasteiger partial charge in [-0.3, -0.25) is 0 Å². The first-order chi connectivity index (χ1) is 7.59. The molecule has 1 aromatic heterocycles. The Hall–Kier alpha value is -1.26. The predicted molar refractivity (Wildman–Crippen MR) is 59.5 cm³/mol. The normalized spacial score (nSPS) is 12.8. The second-order valence-corrected chi connectivity index (χ2v) is 4.33. The van der Waals surface area contributed by atoms with E-state index in [0.29, 0.717) is 5.56 Å². The molecule has 16 heavy (non-hydrogen) atoms. The van der Waals surface area contributed by atoms with Crippen LogP contribution in [0.25, 0.3) is 0 Å². The Bertz CT molecular complexity index is 507. The molecule has 0 bridgehead atoms. The van der Waals surface area contributed by atoms with Crippen molar-refractivity contribution in [1.29, 1.82) is 0 Å². The molecule has 0 amide bonds. The highest BCUT2D eigenvalue weighted by molar-refractivity contribution is 7.08. The number of aliphatic hydroxyl groups is 1. The van der Waals surface area contributed by atoms with Gasteiger partial charge in [0.1, 0.15) is 6.10 Å². The first-order valence-corrected chi connectivity index (χ1v) is 5.69. The lowest BCUT2D eigenvalue weighted by Crippen LogP contribution is -2.01. The van der Waals surface area contributed by atoms with Crippen molar-refractivity contribution in [2.75, 3.05) is 0 Å². The van der Waals surface area contributed by atoms with E-state index in [1.165, 1.54) is 17.4 Å². The highest BCUT2D eigenvalue weighted by atomic mass is 32.1. The molecule has 0 aliphatic rings. The van der Waals surface area contributed by atoms with Crippen LogP contribution in [-0.2, 0) is 0 Å². The largest absolute Gasteiger partial charge is 0.384 e. The average Bonchev–Trinajstić information content (AvgIpc) is 2.67. The Balaban J connectivity index is 2.38. The predicted octanol–water partition coefficient (Wildman–Crippen LogP) is 3.42. The van der Waals surface area contributed by atoms with Gasteiger partial charge in [0.05, 0.1) is 0 Å². The summed E-state index contributed by atoms with van der Waals surface area (Å²) in [6.07, 6.45) is -0.902. The van der Waals surface area contributed by atoms with Crippen LogP contribution in [0.5, 0.6) is 0 Å². The summed E-state index contributed by atoms with van der Waals surface area (Å²) in [6, 6.07) is 3.44. The van der Waals surface area contributed by atoms with Gasteiger partial charge in [-0.1, -0.05) is 6.07 Å². The third-order valence-corrected chi connectivity index (χ3v) is 3.33. The second-order valence-electron chi connectivity index (χ2n) is 3.59. The van der Waals surface area contributed by atoms with Gasteiger partial charge in [-0.2, -0.15) is 11.3 Å². The van der Waals surface area contributed by atoms with Crippen molar-refractivity contribution in [2.45, 2.75) is 13.0 Å². The summed E-state index contributed by atoms with van der Waals surface area (Å²) in [6.45, 7) is 1.87. The molecule has 2 aromatic rings. The van der Waals surface area contributed by atoms with Gasteiger partial charge in [0.2, 0.25) is 0 Å². The van der Waals surface area contributed by atoms with Gasteiger partial charge in [-0.05, 0) is 46.5 Å². The van der Waals surface area contributed by atoms with E-state index in [2.05, 4.69) is 0 Å². The first kappa shape index (κ1) is 11.2. The highest BCUT2D eigenvalue weighted by Crippen LogP contribution is 2.28. The summed E-state index contributed by atoms with van der Waals surface area (Å²) in [7, 11) is 0. The van der Waals surface area contributed by atoms with E-state index in [0.717, 1.165) is 23.3 Å². The quantitative estimate of drug-likeness (QED) is 0.852. The van der Waals surface area contributed by atoms with E-state index in [1.807, 2.05) is 12.3 Å². The Morgan fingerprint density at radius 3 is 2.50 bits per heavy atom. The first-order valence-electron chi connectivity index (χ1n) is 4.75. The summed E-state index contributed by atoms with van der Waals surface area (Å²) in [5.74, 6) is -1.84. The van der Waals surface area contributed by atoms with Crippen LogP contribution in [-0.4, -0.2) is 5.11 Å². The molecule has 0 saturated heterocycles. The number of benzene rings is 1. The van der Waals surface area contributed by atoms with Crippen LogP contribution in [0.15, 0.2) is 29.0 Å². The topological polar surface area (TPSA) is 20.2 Å². The van der Waals surface area contributed by atoms with E-state index < -0.39 is 17.7 Å². The SMILES string of the molecule is Cc1cscc1C(O)c1ccc(F)c(F)c1. The molecular formula is C12H10F2OS. The lowest BCUT2D eigenvalue weighted by Gasteiger charge is -2.11. The molecule has 0 fully saturated rings. The molecule has 0 spiro atoms. The molecule has 1 N–H and O–H groups in total. The zero-order valence-corrected chi connectivity index (χ0v) is 9.39. The fourth-order valence-corrected chi connectivity index (χ4v) is 2.38. The molecule has 2 rings (SSSR count). The molecule has 0 aliphatic heterocycles. The third-order valence-electron chi connectivity index (χ3n) is 2.45. The van der Waals surface area contributed by atoms with E-state index in [9.17, 15) is 13.9 Å². The monoisotopic (exact) mass is 240 g/mol.